The number of hydrogen-bond acceptors (Lipinski definition) is 2. The van der Waals surface area contributed by atoms with Crippen LogP contribution >= 0.6 is 0 Å². The first-order valence-corrected chi connectivity index (χ1v) is 5.79. The maximum absolute atomic E-state index is 12.7. The monoisotopic (exact) mass is 331 g/mol. The maximum Gasteiger partial charge on any atom is 0.416 e. The number of aliphatic hydroxyl groups is 1. The average molecular weight is 331 g/mol. The Kier molecular flexibility index (Phi) is 4.96. The van der Waals surface area contributed by atoms with Crippen LogP contribution < -0.4 is 5.32 Å². The van der Waals surface area contributed by atoms with Crippen LogP contribution in [0.2, 0.25) is 0 Å². The Balaban J connectivity index is 3.32. The van der Waals surface area contributed by atoms with Gasteiger partial charge in [-0.15, -0.1) is 0 Å². The number of carboxylic acid groups (broad SMARTS) is 1. The predicted octanol–water partition coefficient (Wildman–Crippen LogP) is 3.41. The fourth-order valence-corrected chi connectivity index (χ4v) is 1.71. The van der Waals surface area contributed by atoms with Gasteiger partial charge in [-0.3, -0.25) is 0 Å². The summed E-state index contributed by atoms with van der Waals surface area (Å²) in [6, 6.07) is -0.687. The number of amides is 1. The Morgan fingerprint density at radius 3 is 1.77 bits per heavy atom. The van der Waals surface area contributed by atoms with Gasteiger partial charge in [-0.1, -0.05) is 0 Å². The summed E-state index contributed by atoms with van der Waals surface area (Å²) in [6.45, 7) is 1.10. The second-order valence-corrected chi connectivity index (χ2v) is 4.52. The van der Waals surface area contributed by atoms with E-state index in [2.05, 4.69) is 0 Å². The molecule has 1 aromatic carbocycles. The molecule has 1 aromatic rings. The molecule has 0 unspecified atom stereocenters. The normalized spacial score (nSPS) is 15.3. The Labute approximate surface area is 120 Å². The molecule has 0 aliphatic heterocycles. The van der Waals surface area contributed by atoms with Gasteiger partial charge < -0.3 is 15.5 Å². The fraction of sp³-hybridized carbons (Fsp3) is 0.417. The van der Waals surface area contributed by atoms with Crippen molar-refractivity contribution in [2.45, 2.75) is 31.4 Å². The number of rotatable bonds is 3. The van der Waals surface area contributed by atoms with Gasteiger partial charge >= 0.3 is 18.4 Å². The van der Waals surface area contributed by atoms with E-state index in [0.717, 1.165) is 6.92 Å². The number of halogens is 6. The van der Waals surface area contributed by atoms with Crippen molar-refractivity contribution >= 4 is 6.09 Å². The molecule has 0 aromatic heterocycles. The number of alkyl halides is 6. The summed E-state index contributed by atoms with van der Waals surface area (Å²) in [5.74, 6) is 0. The molecule has 0 aliphatic rings. The van der Waals surface area contributed by atoms with Crippen molar-refractivity contribution in [2.24, 2.45) is 0 Å². The van der Waals surface area contributed by atoms with E-state index in [1.807, 2.05) is 0 Å². The van der Waals surface area contributed by atoms with E-state index in [-0.39, 0.29) is 6.07 Å². The predicted molar refractivity (Wildman–Crippen MR) is 62.0 cm³/mol. The first kappa shape index (κ1) is 18.1. The van der Waals surface area contributed by atoms with Crippen LogP contribution in [-0.4, -0.2) is 22.3 Å². The van der Waals surface area contributed by atoms with E-state index >= 15 is 0 Å². The van der Waals surface area contributed by atoms with Crippen LogP contribution in [0.5, 0.6) is 0 Å². The molecule has 0 aliphatic carbocycles. The van der Waals surface area contributed by atoms with Gasteiger partial charge in [0.15, 0.2) is 0 Å². The molecule has 1 rings (SSSR count). The zero-order valence-electron chi connectivity index (χ0n) is 11.0. The lowest BCUT2D eigenvalue weighted by molar-refractivity contribution is -0.143. The van der Waals surface area contributed by atoms with E-state index in [0.29, 0.717) is 12.1 Å². The molecule has 0 saturated heterocycles. The SMILES string of the molecule is C[C@H](NC(=O)O)[C@H](O)c1cc(C(F)(F)F)cc(C(F)(F)F)c1. The van der Waals surface area contributed by atoms with Gasteiger partial charge in [-0.2, -0.15) is 26.3 Å². The molecule has 0 bridgehead atoms. The molecular weight excluding hydrogens is 320 g/mol. The summed E-state index contributed by atoms with van der Waals surface area (Å²) in [5, 5.41) is 20.0. The molecule has 4 nitrogen and oxygen atoms in total. The first-order chi connectivity index (χ1) is 9.82. The summed E-state index contributed by atoms with van der Waals surface area (Å²) in [5.41, 5.74) is -3.86. The number of hydrogen-bond donors (Lipinski definition) is 3. The minimum Gasteiger partial charge on any atom is -0.465 e. The van der Waals surface area contributed by atoms with Gasteiger partial charge in [-0.05, 0) is 30.7 Å². The van der Waals surface area contributed by atoms with Crippen molar-refractivity contribution in [3.8, 4) is 0 Å². The Morgan fingerprint density at radius 2 is 1.45 bits per heavy atom. The Morgan fingerprint density at radius 1 is 1.05 bits per heavy atom. The largest absolute Gasteiger partial charge is 0.465 e. The standard InChI is InChI=1S/C12H11F6NO3/c1-5(19-10(21)22)9(20)6-2-7(11(13,14)15)4-8(3-6)12(16,17)18/h2-5,9,19-20H,1H3,(H,21,22)/t5-,9-/m0/s1. The molecule has 22 heavy (non-hydrogen) atoms. The maximum atomic E-state index is 12.7. The van der Waals surface area contributed by atoms with E-state index < -0.39 is 47.3 Å². The summed E-state index contributed by atoms with van der Waals surface area (Å²) < 4.78 is 75.9. The molecule has 10 heteroatoms. The van der Waals surface area contributed by atoms with Gasteiger partial charge in [0.05, 0.1) is 23.3 Å². The van der Waals surface area contributed by atoms with Crippen LogP contribution in [0.1, 0.15) is 29.7 Å². The summed E-state index contributed by atoms with van der Waals surface area (Å²) in [4.78, 5) is 10.4. The highest BCUT2D eigenvalue weighted by Crippen LogP contribution is 2.37. The molecule has 1 amide bonds. The van der Waals surface area contributed by atoms with E-state index in [9.17, 15) is 36.2 Å². The zero-order chi connectivity index (χ0) is 17.3. The lowest BCUT2D eigenvalue weighted by Gasteiger charge is -2.21. The Bertz CT molecular complexity index is 523. The molecular formula is C12H11F6NO3. The summed E-state index contributed by atoms with van der Waals surface area (Å²) in [6.07, 6.45) is -13.5. The van der Waals surface area contributed by atoms with Crippen molar-refractivity contribution in [1.29, 1.82) is 0 Å². The lowest BCUT2D eigenvalue weighted by Crippen LogP contribution is -2.36. The topological polar surface area (TPSA) is 69.6 Å². The van der Waals surface area contributed by atoms with Crippen molar-refractivity contribution in [3.63, 3.8) is 0 Å². The molecule has 0 fully saturated rings. The molecule has 0 saturated carbocycles. The average Bonchev–Trinajstić information content (AvgIpc) is 2.34. The Hall–Kier alpha value is -1.97. The van der Waals surface area contributed by atoms with Crippen molar-refractivity contribution in [3.05, 3.63) is 34.9 Å². The zero-order valence-corrected chi connectivity index (χ0v) is 11.0. The summed E-state index contributed by atoms with van der Waals surface area (Å²) in [7, 11) is 0. The fourth-order valence-electron chi connectivity index (χ4n) is 1.71. The molecule has 0 radical (unpaired) electrons. The van der Waals surface area contributed by atoms with Gasteiger partial charge in [0.25, 0.3) is 0 Å². The van der Waals surface area contributed by atoms with Crippen molar-refractivity contribution in [1.82, 2.24) is 5.32 Å². The third kappa shape index (κ3) is 4.52. The van der Waals surface area contributed by atoms with Crippen molar-refractivity contribution < 1.29 is 41.4 Å². The van der Waals surface area contributed by atoms with Crippen LogP contribution in [0.25, 0.3) is 0 Å². The molecule has 3 N–H and O–H groups in total. The second-order valence-electron chi connectivity index (χ2n) is 4.52. The molecule has 124 valence electrons. The number of benzene rings is 1. The van der Waals surface area contributed by atoms with Gasteiger partial charge in [-0.25, -0.2) is 4.79 Å². The third-order valence-corrected chi connectivity index (χ3v) is 2.78. The minimum atomic E-state index is -5.04. The van der Waals surface area contributed by atoms with Crippen LogP contribution in [0.3, 0.4) is 0 Å². The minimum absolute atomic E-state index is 0.0779. The third-order valence-electron chi connectivity index (χ3n) is 2.78. The first-order valence-electron chi connectivity index (χ1n) is 5.79. The number of aliphatic hydroxyl groups excluding tert-OH is 1. The number of carbonyl (C=O) groups is 1. The quantitative estimate of drug-likeness (QED) is 0.744. The van der Waals surface area contributed by atoms with E-state index in [1.54, 1.807) is 5.32 Å². The van der Waals surface area contributed by atoms with E-state index in [1.165, 1.54) is 0 Å². The molecule has 0 spiro atoms. The molecule has 2 atom stereocenters. The van der Waals surface area contributed by atoms with Crippen LogP contribution in [0.4, 0.5) is 31.1 Å². The van der Waals surface area contributed by atoms with Gasteiger partial charge in [0, 0.05) is 0 Å². The van der Waals surface area contributed by atoms with Crippen LogP contribution in [0, 0.1) is 0 Å². The lowest BCUT2D eigenvalue weighted by atomic mass is 9.97. The second kappa shape index (κ2) is 6.03. The van der Waals surface area contributed by atoms with E-state index in [4.69, 9.17) is 5.11 Å². The highest BCUT2D eigenvalue weighted by Gasteiger charge is 2.37. The highest BCUT2D eigenvalue weighted by atomic mass is 19.4. The molecule has 0 heterocycles. The number of nitrogens with one attached hydrogen (secondary N) is 1. The van der Waals surface area contributed by atoms with Crippen molar-refractivity contribution in [2.75, 3.05) is 0 Å². The van der Waals surface area contributed by atoms with Gasteiger partial charge in [0.2, 0.25) is 0 Å². The van der Waals surface area contributed by atoms with Crippen LogP contribution in [-0.2, 0) is 12.4 Å². The highest BCUT2D eigenvalue weighted by molar-refractivity contribution is 5.64. The van der Waals surface area contributed by atoms with Crippen LogP contribution in [0.15, 0.2) is 18.2 Å². The summed E-state index contributed by atoms with van der Waals surface area (Å²) >= 11 is 0. The van der Waals surface area contributed by atoms with Gasteiger partial charge in [0.1, 0.15) is 0 Å². The smallest absolute Gasteiger partial charge is 0.416 e.